The Balaban J connectivity index is 1.59. The molecule has 0 fully saturated rings. The monoisotopic (exact) mass is 403 g/mol. The molecule has 1 amide bonds. The van der Waals surface area contributed by atoms with Crippen LogP contribution in [0.15, 0.2) is 45.5 Å². The third kappa shape index (κ3) is 3.88. The third-order valence-corrected chi connectivity index (χ3v) is 4.24. The van der Waals surface area contributed by atoms with Gasteiger partial charge in [0.15, 0.2) is 17.1 Å². The summed E-state index contributed by atoms with van der Waals surface area (Å²) >= 11 is 3.16. The summed E-state index contributed by atoms with van der Waals surface area (Å²) in [4.78, 5) is 35.5. The number of ether oxygens (including phenoxy) is 1. The van der Waals surface area contributed by atoms with Crippen molar-refractivity contribution >= 4 is 45.4 Å². The number of rotatable bonds is 5. The van der Waals surface area contributed by atoms with E-state index in [1.54, 1.807) is 37.3 Å². The molecule has 1 atom stereocenters. The quantitative estimate of drug-likeness (QED) is 0.468. The number of halogens is 1. The fourth-order valence-corrected chi connectivity index (χ4v) is 2.75. The van der Waals surface area contributed by atoms with Crippen LogP contribution in [0, 0.1) is 0 Å². The second kappa shape index (κ2) is 7.06. The summed E-state index contributed by atoms with van der Waals surface area (Å²) in [6, 6.07) is 8.32. The number of fused-ring (bicyclic) bond motifs is 1. The number of furan rings is 1. The van der Waals surface area contributed by atoms with Gasteiger partial charge in [-0.05, 0) is 64.8 Å². The van der Waals surface area contributed by atoms with Gasteiger partial charge in [0.2, 0.25) is 5.91 Å². The molecule has 6 nitrogen and oxygen atoms in total. The average molecular weight is 404 g/mol. The van der Waals surface area contributed by atoms with E-state index in [4.69, 9.17) is 9.15 Å². The minimum atomic E-state index is -0.646. The van der Waals surface area contributed by atoms with Crippen molar-refractivity contribution in [2.75, 3.05) is 11.9 Å². The van der Waals surface area contributed by atoms with Gasteiger partial charge in [0.05, 0.1) is 5.92 Å². The lowest BCUT2D eigenvalue weighted by atomic mass is 9.99. The largest absolute Gasteiger partial charge is 0.454 e. The van der Waals surface area contributed by atoms with Gasteiger partial charge in [0.25, 0.3) is 0 Å². The molecule has 1 aromatic carbocycles. The molecule has 25 heavy (non-hydrogen) atoms. The molecule has 0 radical (unpaired) electrons. The number of amides is 1. The summed E-state index contributed by atoms with van der Waals surface area (Å²) in [6.45, 7) is 1.40. The third-order valence-electron chi connectivity index (χ3n) is 3.81. The van der Waals surface area contributed by atoms with Crippen LogP contribution in [0.5, 0.6) is 0 Å². The van der Waals surface area contributed by atoms with E-state index in [0.29, 0.717) is 21.7 Å². The van der Waals surface area contributed by atoms with Crippen molar-refractivity contribution in [1.82, 2.24) is 0 Å². The maximum absolute atomic E-state index is 12.2. The lowest BCUT2D eigenvalue weighted by Crippen LogP contribution is -2.12. The van der Waals surface area contributed by atoms with Gasteiger partial charge in [-0.2, -0.15) is 0 Å². The summed E-state index contributed by atoms with van der Waals surface area (Å²) in [5, 5.41) is 2.74. The summed E-state index contributed by atoms with van der Waals surface area (Å²) in [5.41, 5.74) is 1.87. The maximum Gasteiger partial charge on any atom is 0.331 e. The number of Topliss-reactive ketones (excluding diaryl/α,β-unsaturated/α-hetero) is 1. The molecule has 2 aromatic rings. The molecule has 7 heteroatoms. The Morgan fingerprint density at radius 1 is 1.32 bits per heavy atom. The fourth-order valence-electron chi connectivity index (χ4n) is 2.43. The number of carbonyl (C=O) groups is 3. The van der Waals surface area contributed by atoms with Crippen molar-refractivity contribution in [3.05, 3.63) is 58.0 Å². The molecule has 128 valence electrons. The molecule has 1 aliphatic heterocycles. The fraction of sp³-hybridized carbons (Fsp3) is 0.167. The van der Waals surface area contributed by atoms with E-state index in [1.165, 1.54) is 12.2 Å². The number of benzene rings is 1. The summed E-state index contributed by atoms with van der Waals surface area (Å²) in [7, 11) is 0. The van der Waals surface area contributed by atoms with Crippen LogP contribution in [0.1, 0.15) is 34.5 Å². The molecule has 1 aromatic heterocycles. The maximum atomic E-state index is 12.2. The van der Waals surface area contributed by atoms with E-state index in [9.17, 15) is 14.4 Å². The van der Waals surface area contributed by atoms with Gasteiger partial charge in [0.1, 0.15) is 5.76 Å². The van der Waals surface area contributed by atoms with Gasteiger partial charge in [-0.1, -0.05) is 0 Å². The van der Waals surface area contributed by atoms with E-state index in [0.717, 1.165) is 5.56 Å². The Morgan fingerprint density at radius 2 is 2.12 bits per heavy atom. The van der Waals surface area contributed by atoms with Gasteiger partial charge in [-0.25, -0.2) is 4.79 Å². The van der Waals surface area contributed by atoms with Crippen LogP contribution in [-0.2, 0) is 14.3 Å². The van der Waals surface area contributed by atoms with Crippen LogP contribution in [0.2, 0.25) is 0 Å². The minimum absolute atomic E-state index is 0.0965. The van der Waals surface area contributed by atoms with E-state index in [2.05, 4.69) is 21.2 Å². The number of anilines is 1. The van der Waals surface area contributed by atoms with E-state index in [-0.39, 0.29) is 24.2 Å². The molecule has 1 aliphatic rings. The number of esters is 1. The standard InChI is InChI=1S/C18H14BrNO5/c1-10-13-8-11(2-5-14(13)20-18(10)23)15(21)9-24-17(22)7-4-12-3-6-16(19)25-12/h2-8,10H,9H2,1H3,(H,20,23)/b7-4+/t10-/m0/s1. The first-order valence-electron chi connectivity index (χ1n) is 7.52. The Labute approximate surface area is 152 Å². The van der Waals surface area contributed by atoms with E-state index in [1.807, 2.05) is 0 Å². The lowest BCUT2D eigenvalue weighted by molar-refractivity contribution is -0.136. The predicted octanol–water partition coefficient (Wildman–Crippen LogP) is 3.54. The smallest absolute Gasteiger partial charge is 0.331 e. The highest BCUT2D eigenvalue weighted by molar-refractivity contribution is 9.10. The molecule has 0 spiro atoms. The van der Waals surface area contributed by atoms with Crippen molar-refractivity contribution in [1.29, 1.82) is 0 Å². The molecule has 1 N–H and O–H groups in total. The van der Waals surface area contributed by atoms with Crippen LogP contribution in [0.4, 0.5) is 5.69 Å². The molecule has 2 heterocycles. The molecule has 0 saturated carbocycles. The topological polar surface area (TPSA) is 85.6 Å². The number of nitrogens with one attached hydrogen (secondary N) is 1. The van der Waals surface area contributed by atoms with Gasteiger partial charge < -0.3 is 14.5 Å². The molecule has 0 bridgehead atoms. The van der Waals surface area contributed by atoms with Crippen molar-refractivity contribution in [3.63, 3.8) is 0 Å². The molecule has 3 rings (SSSR count). The van der Waals surface area contributed by atoms with Gasteiger partial charge in [-0.15, -0.1) is 0 Å². The van der Waals surface area contributed by atoms with Crippen LogP contribution in [0.25, 0.3) is 6.08 Å². The highest BCUT2D eigenvalue weighted by Crippen LogP contribution is 2.32. The highest BCUT2D eigenvalue weighted by Gasteiger charge is 2.27. The van der Waals surface area contributed by atoms with Crippen LogP contribution >= 0.6 is 15.9 Å². The zero-order valence-corrected chi connectivity index (χ0v) is 14.8. The number of hydrogen-bond acceptors (Lipinski definition) is 5. The Morgan fingerprint density at radius 3 is 2.84 bits per heavy atom. The Bertz CT molecular complexity index is 883. The first-order valence-corrected chi connectivity index (χ1v) is 8.31. The summed E-state index contributed by atoms with van der Waals surface area (Å²) in [6.07, 6.45) is 2.64. The minimum Gasteiger partial charge on any atom is -0.454 e. The Kier molecular flexibility index (Phi) is 4.85. The van der Waals surface area contributed by atoms with Crippen molar-refractivity contribution in [2.45, 2.75) is 12.8 Å². The SMILES string of the molecule is C[C@@H]1C(=O)Nc2ccc(C(=O)COC(=O)/C=C/c3ccc(Br)o3)cc21. The lowest BCUT2D eigenvalue weighted by Gasteiger charge is -2.05. The zero-order valence-electron chi connectivity index (χ0n) is 13.2. The average Bonchev–Trinajstić information content (AvgIpc) is 3.14. The second-order valence-corrected chi connectivity index (χ2v) is 6.30. The first kappa shape index (κ1) is 17.2. The molecular formula is C18H14BrNO5. The number of hydrogen-bond donors (Lipinski definition) is 1. The zero-order chi connectivity index (χ0) is 18.0. The van der Waals surface area contributed by atoms with Crippen molar-refractivity contribution < 1.29 is 23.5 Å². The first-order chi connectivity index (χ1) is 11.9. The normalized spacial score (nSPS) is 15.9. The molecule has 0 unspecified atom stereocenters. The van der Waals surface area contributed by atoms with Gasteiger partial charge in [0, 0.05) is 17.3 Å². The van der Waals surface area contributed by atoms with Crippen LogP contribution < -0.4 is 5.32 Å². The highest BCUT2D eigenvalue weighted by atomic mass is 79.9. The molecule has 0 saturated heterocycles. The Hall–Kier alpha value is -2.67. The number of carbonyl (C=O) groups excluding carboxylic acids is 3. The van der Waals surface area contributed by atoms with Crippen molar-refractivity contribution in [3.8, 4) is 0 Å². The molecule has 0 aliphatic carbocycles. The van der Waals surface area contributed by atoms with Gasteiger partial charge >= 0.3 is 5.97 Å². The predicted molar refractivity (Wildman–Crippen MR) is 94.2 cm³/mol. The van der Waals surface area contributed by atoms with E-state index < -0.39 is 5.97 Å². The van der Waals surface area contributed by atoms with Gasteiger partial charge in [-0.3, -0.25) is 9.59 Å². The van der Waals surface area contributed by atoms with Crippen LogP contribution in [-0.4, -0.2) is 24.3 Å². The van der Waals surface area contributed by atoms with E-state index >= 15 is 0 Å². The number of ketones is 1. The second-order valence-electron chi connectivity index (χ2n) is 5.52. The summed E-state index contributed by atoms with van der Waals surface area (Å²) in [5.74, 6) is -0.898. The molecular weight excluding hydrogens is 390 g/mol. The van der Waals surface area contributed by atoms with Crippen LogP contribution in [0.3, 0.4) is 0 Å². The summed E-state index contributed by atoms with van der Waals surface area (Å²) < 4.78 is 10.7. The van der Waals surface area contributed by atoms with Crippen molar-refractivity contribution in [2.24, 2.45) is 0 Å².